The second-order valence-electron chi connectivity index (χ2n) is 2.83. The summed E-state index contributed by atoms with van der Waals surface area (Å²) in [5.74, 6) is 0. The molecule has 2 rings (SSSR count). The van der Waals surface area contributed by atoms with E-state index in [1.165, 1.54) is 0 Å². The van der Waals surface area contributed by atoms with Crippen LogP contribution >= 0.6 is 22.9 Å². The molecule has 0 radical (unpaired) electrons. The van der Waals surface area contributed by atoms with Gasteiger partial charge in [-0.15, -0.1) is 11.3 Å². The van der Waals surface area contributed by atoms with Crippen molar-refractivity contribution in [3.05, 3.63) is 22.4 Å². The van der Waals surface area contributed by atoms with Crippen LogP contribution in [0.3, 0.4) is 0 Å². The smallest absolute Gasteiger partial charge is 0.103 e. The monoisotopic (exact) mass is 212 g/mol. The molecule has 0 aliphatic carbocycles. The molecular formula is C9H9ClN2S. The van der Waals surface area contributed by atoms with E-state index >= 15 is 0 Å². The summed E-state index contributed by atoms with van der Waals surface area (Å²) in [6.07, 6.45) is 5.60. The molecule has 0 unspecified atom stereocenters. The van der Waals surface area contributed by atoms with Crippen LogP contribution in [0.5, 0.6) is 0 Å². The molecule has 0 aliphatic heterocycles. The van der Waals surface area contributed by atoms with Crippen LogP contribution in [0, 0.1) is 0 Å². The van der Waals surface area contributed by atoms with Gasteiger partial charge < -0.3 is 0 Å². The van der Waals surface area contributed by atoms with E-state index < -0.39 is 0 Å². The zero-order valence-corrected chi connectivity index (χ0v) is 8.82. The zero-order valence-electron chi connectivity index (χ0n) is 7.25. The van der Waals surface area contributed by atoms with E-state index in [1.54, 1.807) is 17.5 Å². The third-order valence-corrected chi connectivity index (χ3v) is 3.09. The summed E-state index contributed by atoms with van der Waals surface area (Å²) in [7, 11) is 0. The first kappa shape index (κ1) is 8.91. The zero-order chi connectivity index (χ0) is 9.26. The third kappa shape index (κ3) is 1.67. The average Bonchev–Trinajstić information content (AvgIpc) is 2.49. The average molecular weight is 213 g/mol. The Morgan fingerprint density at radius 2 is 2.31 bits per heavy atom. The lowest BCUT2D eigenvalue weighted by Gasteiger charge is -1.87. The normalized spacial score (nSPS) is 10.9. The molecule has 0 amide bonds. The number of rotatable bonds is 2. The van der Waals surface area contributed by atoms with E-state index in [2.05, 4.69) is 16.9 Å². The lowest BCUT2D eigenvalue weighted by molar-refractivity contribution is 0.913. The Kier molecular flexibility index (Phi) is 2.47. The van der Waals surface area contributed by atoms with Crippen molar-refractivity contribution in [1.29, 1.82) is 0 Å². The van der Waals surface area contributed by atoms with Crippen molar-refractivity contribution < 1.29 is 0 Å². The summed E-state index contributed by atoms with van der Waals surface area (Å²) < 4.78 is 1.08. The molecule has 0 saturated carbocycles. The van der Waals surface area contributed by atoms with Gasteiger partial charge in [0.15, 0.2) is 0 Å². The van der Waals surface area contributed by atoms with Gasteiger partial charge >= 0.3 is 0 Å². The highest BCUT2D eigenvalue weighted by Crippen LogP contribution is 2.27. The van der Waals surface area contributed by atoms with E-state index in [9.17, 15) is 0 Å². The van der Waals surface area contributed by atoms with Gasteiger partial charge in [-0.3, -0.25) is 4.98 Å². The first-order valence-electron chi connectivity index (χ1n) is 4.20. The predicted molar refractivity (Wildman–Crippen MR) is 56.4 cm³/mol. The standard InChI is InChI=1S/C9H9ClN2S/c1-2-3-8-12-9-6(10)4-11-5-7(9)13-8/h4-5H,2-3H2,1H3. The van der Waals surface area contributed by atoms with E-state index in [0.717, 1.165) is 28.1 Å². The van der Waals surface area contributed by atoms with Crippen LogP contribution in [0.1, 0.15) is 18.4 Å². The largest absolute Gasteiger partial charge is 0.262 e. The van der Waals surface area contributed by atoms with Crippen molar-refractivity contribution in [2.45, 2.75) is 19.8 Å². The maximum absolute atomic E-state index is 5.95. The van der Waals surface area contributed by atoms with Gasteiger partial charge in [-0.05, 0) is 12.8 Å². The predicted octanol–water partition coefficient (Wildman–Crippen LogP) is 3.30. The van der Waals surface area contributed by atoms with Crippen molar-refractivity contribution in [2.75, 3.05) is 0 Å². The quantitative estimate of drug-likeness (QED) is 0.764. The minimum absolute atomic E-state index is 0.649. The molecule has 0 spiro atoms. The number of thiazole rings is 1. The van der Waals surface area contributed by atoms with Crippen molar-refractivity contribution in [3.63, 3.8) is 0 Å². The van der Waals surface area contributed by atoms with Crippen LogP contribution in [-0.4, -0.2) is 9.97 Å². The molecule has 0 aliphatic rings. The molecule has 4 heteroatoms. The fraction of sp³-hybridized carbons (Fsp3) is 0.333. The Labute approximate surface area is 85.6 Å². The Bertz CT molecular complexity index is 424. The first-order valence-corrected chi connectivity index (χ1v) is 5.39. The SMILES string of the molecule is CCCc1nc2c(Cl)cncc2s1. The summed E-state index contributed by atoms with van der Waals surface area (Å²) in [4.78, 5) is 8.47. The van der Waals surface area contributed by atoms with Crippen LogP contribution in [-0.2, 0) is 6.42 Å². The number of hydrogen-bond donors (Lipinski definition) is 0. The van der Waals surface area contributed by atoms with Crippen LogP contribution < -0.4 is 0 Å². The van der Waals surface area contributed by atoms with Gasteiger partial charge in [-0.1, -0.05) is 18.5 Å². The summed E-state index contributed by atoms with van der Waals surface area (Å²) in [5, 5.41) is 1.79. The van der Waals surface area contributed by atoms with Gasteiger partial charge in [0.1, 0.15) is 5.52 Å². The fourth-order valence-corrected chi connectivity index (χ4v) is 2.51. The van der Waals surface area contributed by atoms with Gasteiger partial charge in [0.2, 0.25) is 0 Å². The summed E-state index contributed by atoms with van der Waals surface area (Å²) in [6, 6.07) is 0. The molecular weight excluding hydrogens is 204 g/mol. The topological polar surface area (TPSA) is 25.8 Å². The number of fused-ring (bicyclic) bond motifs is 1. The molecule has 0 saturated heterocycles. The lowest BCUT2D eigenvalue weighted by atomic mass is 10.3. The fourth-order valence-electron chi connectivity index (χ4n) is 1.19. The summed E-state index contributed by atoms with van der Waals surface area (Å²) >= 11 is 7.63. The Balaban J connectivity index is 2.55. The van der Waals surface area contributed by atoms with Crippen LogP contribution in [0.25, 0.3) is 10.2 Å². The van der Waals surface area contributed by atoms with Gasteiger partial charge in [-0.2, -0.15) is 0 Å². The van der Waals surface area contributed by atoms with Crippen LogP contribution in [0.4, 0.5) is 0 Å². The minimum Gasteiger partial charge on any atom is -0.262 e. The third-order valence-electron chi connectivity index (χ3n) is 1.77. The second kappa shape index (κ2) is 3.60. The maximum atomic E-state index is 5.95. The molecule has 0 N–H and O–H groups in total. The van der Waals surface area contributed by atoms with Gasteiger partial charge in [-0.25, -0.2) is 4.98 Å². The number of halogens is 1. The molecule has 0 aromatic carbocycles. The Morgan fingerprint density at radius 3 is 3.00 bits per heavy atom. The maximum Gasteiger partial charge on any atom is 0.103 e. The Morgan fingerprint density at radius 1 is 1.46 bits per heavy atom. The number of hydrogen-bond acceptors (Lipinski definition) is 3. The molecule has 2 nitrogen and oxygen atoms in total. The summed E-state index contributed by atoms with van der Waals surface area (Å²) in [5.41, 5.74) is 0.894. The minimum atomic E-state index is 0.649. The molecule has 2 heterocycles. The molecule has 2 aromatic heterocycles. The molecule has 0 bridgehead atoms. The van der Waals surface area contributed by atoms with Gasteiger partial charge in [0.05, 0.1) is 14.7 Å². The van der Waals surface area contributed by atoms with E-state index in [0.29, 0.717) is 5.02 Å². The van der Waals surface area contributed by atoms with Crippen molar-refractivity contribution in [3.8, 4) is 0 Å². The van der Waals surface area contributed by atoms with E-state index in [4.69, 9.17) is 11.6 Å². The Hall–Kier alpha value is -0.670. The lowest BCUT2D eigenvalue weighted by Crippen LogP contribution is -1.79. The van der Waals surface area contributed by atoms with E-state index in [-0.39, 0.29) is 0 Å². The van der Waals surface area contributed by atoms with Crippen molar-refractivity contribution in [1.82, 2.24) is 9.97 Å². The molecule has 0 atom stereocenters. The second-order valence-corrected chi connectivity index (χ2v) is 4.35. The van der Waals surface area contributed by atoms with Gasteiger partial charge in [0.25, 0.3) is 0 Å². The van der Waals surface area contributed by atoms with Crippen LogP contribution in [0.2, 0.25) is 5.02 Å². The van der Waals surface area contributed by atoms with Crippen LogP contribution in [0.15, 0.2) is 12.4 Å². The van der Waals surface area contributed by atoms with E-state index in [1.807, 2.05) is 6.20 Å². The molecule has 68 valence electrons. The number of nitrogens with zero attached hydrogens (tertiary/aromatic N) is 2. The highest BCUT2D eigenvalue weighted by molar-refractivity contribution is 7.18. The number of pyridine rings is 1. The van der Waals surface area contributed by atoms with Crippen molar-refractivity contribution >= 4 is 33.2 Å². The molecule has 2 aromatic rings. The highest BCUT2D eigenvalue weighted by Gasteiger charge is 2.05. The highest BCUT2D eigenvalue weighted by atomic mass is 35.5. The van der Waals surface area contributed by atoms with Crippen molar-refractivity contribution in [2.24, 2.45) is 0 Å². The summed E-state index contributed by atoms with van der Waals surface area (Å²) in [6.45, 7) is 2.14. The molecule has 0 fully saturated rings. The molecule has 13 heavy (non-hydrogen) atoms. The number of aromatic nitrogens is 2. The first-order chi connectivity index (χ1) is 6.31. The number of aryl methyl sites for hydroxylation is 1. The van der Waals surface area contributed by atoms with Gasteiger partial charge in [0, 0.05) is 12.4 Å².